The van der Waals surface area contributed by atoms with E-state index in [1.54, 1.807) is 31.4 Å². The highest BCUT2D eigenvalue weighted by Crippen LogP contribution is 2.09. The van der Waals surface area contributed by atoms with Crippen molar-refractivity contribution in [3.63, 3.8) is 0 Å². The number of amides is 1. The lowest BCUT2D eigenvalue weighted by atomic mass is 10.1. The monoisotopic (exact) mass is 307 g/mol. The standard InChI is InChI=1S/C17H25NO4/c1-3-4-11-18(12-13-22-2)16(19)10-7-14-5-8-15(9-6-14)17(20)21/h5-6,8-9H,3-4,7,10-13H2,1-2H3,(H,20,21). The lowest BCUT2D eigenvalue weighted by molar-refractivity contribution is -0.131. The van der Waals surface area contributed by atoms with Crippen LogP contribution in [0.1, 0.15) is 42.1 Å². The minimum absolute atomic E-state index is 0.118. The van der Waals surface area contributed by atoms with Crippen LogP contribution in [0.5, 0.6) is 0 Å². The van der Waals surface area contributed by atoms with Gasteiger partial charge in [0, 0.05) is 26.6 Å². The number of benzene rings is 1. The highest BCUT2D eigenvalue weighted by atomic mass is 16.5. The highest BCUT2D eigenvalue weighted by Gasteiger charge is 2.12. The van der Waals surface area contributed by atoms with E-state index in [4.69, 9.17) is 9.84 Å². The van der Waals surface area contributed by atoms with Crippen molar-refractivity contribution in [2.24, 2.45) is 0 Å². The molecule has 22 heavy (non-hydrogen) atoms. The topological polar surface area (TPSA) is 66.8 Å². The van der Waals surface area contributed by atoms with Crippen molar-refractivity contribution in [1.29, 1.82) is 0 Å². The van der Waals surface area contributed by atoms with Crippen LogP contribution in [0.25, 0.3) is 0 Å². The fourth-order valence-corrected chi connectivity index (χ4v) is 2.14. The van der Waals surface area contributed by atoms with Gasteiger partial charge in [0.15, 0.2) is 0 Å². The Labute approximate surface area is 131 Å². The summed E-state index contributed by atoms with van der Waals surface area (Å²) >= 11 is 0. The second-order valence-corrected chi connectivity index (χ2v) is 5.23. The van der Waals surface area contributed by atoms with E-state index in [0.29, 0.717) is 26.0 Å². The summed E-state index contributed by atoms with van der Waals surface area (Å²) in [6.07, 6.45) is 3.09. The Morgan fingerprint density at radius 3 is 2.41 bits per heavy atom. The van der Waals surface area contributed by atoms with Crippen LogP contribution in [0.15, 0.2) is 24.3 Å². The van der Waals surface area contributed by atoms with Crippen molar-refractivity contribution in [2.75, 3.05) is 26.8 Å². The molecule has 0 unspecified atom stereocenters. The summed E-state index contributed by atoms with van der Waals surface area (Å²) < 4.78 is 5.05. The summed E-state index contributed by atoms with van der Waals surface area (Å²) in [7, 11) is 1.63. The number of carboxylic acids is 1. The molecule has 1 amide bonds. The number of unbranched alkanes of at least 4 members (excludes halogenated alkanes) is 1. The minimum Gasteiger partial charge on any atom is -0.478 e. The molecule has 122 valence electrons. The van der Waals surface area contributed by atoms with E-state index in [0.717, 1.165) is 24.9 Å². The summed E-state index contributed by atoms with van der Waals surface area (Å²) in [5, 5.41) is 8.86. The maximum atomic E-state index is 12.3. The molecule has 0 spiro atoms. The van der Waals surface area contributed by atoms with Crippen molar-refractivity contribution in [3.8, 4) is 0 Å². The molecule has 0 saturated carbocycles. The number of nitrogens with zero attached hydrogens (tertiary/aromatic N) is 1. The van der Waals surface area contributed by atoms with Gasteiger partial charge in [-0.05, 0) is 30.5 Å². The van der Waals surface area contributed by atoms with E-state index in [1.807, 2.05) is 4.90 Å². The zero-order valence-electron chi connectivity index (χ0n) is 13.4. The molecule has 1 N–H and O–H groups in total. The summed E-state index contributed by atoms with van der Waals surface area (Å²) in [4.78, 5) is 24.9. The lowest BCUT2D eigenvalue weighted by Crippen LogP contribution is -2.34. The molecule has 0 aliphatic heterocycles. The van der Waals surface area contributed by atoms with Crippen LogP contribution in [0.3, 0.4) is 0 Å². The van der Waals surface area contributed by atoms with Gasteiger partial charge < -0.3 is 14.7 Å². The third-order valence-electron chi connectivity index (χ3n) is 3.53. The van der Waals surface area contributed by atoms with Crippen LogP contribution >= 0.6 is 0 Å². The van der Waals surface area contributed by atoms with Gasteiger partial charge in [0.1, 0.15) is 0 Å². The Morgan fingerprint density at radius 2 is 1.86 bits per heavy atom. The van der Waals surface area contributed by atoms with Crippen LogP contribution in [0.2, 0.25) is 0 Å². The van der Waals surface area contributed by atoms with Gasteiger partial charge in [0.2, 0.25) is 5.91 Å². The number of aryl methyl sites for hydroxylation is 1. The molecule has 1 aromatic rings. The molecule has 0 atom stereocenters. The predicted molar refractivity (Wildman–Crippen MR) is 85.1 cm³/mol. The first-order chi connectivity index (χ1) is 10.6. The number of rotatable bonds is 10. The molecule has 5 heteroatoms. The molecule has 0 fully saturated rings. The van der Waals surface area contributed by atoms with E-state index in [2.05, 4.69) is 6.92 Å². The van der Waals surface area contributed by atoms with E-state index in [1.165, 1.54) is 0 Å². The molecule has 0 aromatic heterocycles. The second kappa shape index (κ2) is 9.95. The van der Waals surface area contributed by atoms with Crippen LogP contribution in [-0.2, 0) is 16.0 Å². The van der Waals surface area contributed by atoms with Crippen molar-refractivity contribution >= 4 is 11.9 Å². The largest absolute Gasteiger partial charge is 0.478 e. The van der Waals surface area contributed by atoms with E-state index in [9.17, 15) is 9.59 Å². The number of ether oxygens (including phenoxy) is 1. The molecule has 0 aliphatic carbocycles. The fraction of sp³-hybridized carbons (Fsp3) is 0.529. The fourth-order valence-electron chi connectivity index (χ4n) is 2.14. The third kappa shape index (κ3) is 6.26. The summed E-state index contributed by atoms with van der Waals surface area (Å²) in [5.41, 5.74) is 1.24. The van der Waals surface area contributed by atoms with Crippen molar-refractivity contribution in [3.05, 3.63) is 35.4 Å². The maximum Gasteiger partial charge on any atom is 0.335 e. The minimum atomic E-state index is -0.937. The summed E-state index contributed by atoms with van der Waals surface area (Å²) in [5.74, 6) is -0.819. The number of carbonyl (C=O) groups is 2. The molecule has 0 radical (unpaired) electrons. The SMILES string of the molecule is CCCCN(CCOC)C(=O)CCc1ccc(C(=O)O)cc1. The van der Waals surface area contributed by atoms with Crippen LogP contribution < -0.4 is 0 Å². The van der Waals surface area contributed by atoms with Crippen LogP contribution in [0.4, 0.5) is 0 Å². The Kier molecular flexibility index (Phi) is 8.22. The highest BCUT2D eigenvalue weighted by molar-refractivity contribution is 5.87. The van der Waals surface area contributed by atoms with Gasteiger partial charge in [-0.3, -0.25) is 4.79 Å². The quantitative estimate of drug-likeness (QED) is 0.721. The van der Waals surface area contributed by atoms with E-state index in [-0.39, 0.29) is 11.5 Å². The third-order valence-corrected chi connectivity index (χ3v) is 3.53. The molecule has 0 aliphatic rings. The van der Waals surface area contributed by atoms with Gasteiger partial charge in [-0.1, -0.05) is 25.5 Å². The number of hydrogen-bond acceptors (Lipinski definition) is 3. The van der Waals surface area contributed by atoms with Gasteiger partial charge in [0.25, 0.3) is 0 Å². The molecule has 0 heterocycles. The average Bonchev–Trinajstić information content (AvgIpc) is 2.53. The lowest BCUT2D eigenvalue weighted by Gasteiger charge is -2.22. The molecule has 1 aromatic carbocycles. The first-order valence-electron chi connectivity index (χ1n) is 7.67. The molecular weight excluding hydrogens is 282 g/mol. The van der Waals surface area contributed by atoms with Crippen LogP contribution in [0, 0.1) is 0 Å². The number of aromatic carboxylic acids is 1. The van der Waals surface area contributed by atoms with Gasteiger partial charge in [-0.2, -0.15) is 0 Å². The van der Waals surface area contributed by atoms with Gasteiger partial charge >= 0.3 is 5.97 Å². The Hall–Kier alpha value is -1.88. The molecule has 1 rings (SSSR count). The second-order valence-electron chi connectivity index (χ2n) is 5.23. The number of carbonyl (C=O) groups excluding carboxylic acids is 1. The van der Waals surface area contributed by atoms with Crippen molar-refractivity contribution in [1.82, 2.24) is 4.90 Å². The van der Waals surface area contributed by atoms with Crippen LogP contribution in [-0.4, -0.2) is 48.7 Å². The van der Waals surface area contributed by atoms with Gasteiger partial charge in [0.05, 0.1) is 12.2 Å². The Bertz CT molecular complexity index is 462. The van der Waals surface area contributed by atoms with Gasteiger partial charge in [-0.15, -0.1) is 0 Å². The van der Waals surface area contributed by atoms with Gasteiger partial charge in [-0.25, -0.2) is 4.79 Å². The summed E-state index contributed by atoms with van der Waals surface area (Å²) in [6.45, 7) is 4.02. The van der Waals surface area contributed by atoms with Crippen molar-refractivity contribution in [2.45, 2.75) is 32.6 Å². The molecule has 0 bridgehead atoms. The number of methoxy groups -OCH3 is 1. The first kappa shape index (κ1) is 18.2. The molecule has 5 nitrogen and oxygen atoms in total. The average molecular weight is 307 g/mol. The number of hydrogen-bond donors (Lipinski definition) is 1. The first-order valence-corrected chi connectivity index (χ1v) is 7.67. The normalized spacial score (nSPS) is 10.5. The van der Waals surface area contributed by atoms with E-state index < -0.39 is 5.97 Å². The molecular formula is C17H25NO4. The zero-order valence-corrected chi connectivity index (χ0v) is 13.4. The number of carboxylic acid groups (broad SMARTS) is 1. The van der Waals surface area contributed by atoms with E-state index >= 15 is 0 Å². The summed E-state index contributed by atoms with van der Waals surface area (Å²) in [6, 6.07) is 6.67. The maximum absolute atomic E-state index is 12.3. The van der Waals surface area contributed by atoms with Crippen molar-refractivity contribution < 1.29 is 19.4 Å². The molecule has 0 saturated heterocycles. The zero-order chi connectivity index (χ0) is 16.4. The predicted octanol–water partition coefficient (Wildman–Crippen LogP) is 2.59. The Balaban J connectivity index is 2.51. The smallest absolute Gasteiger partial charge is 0.335 e. The Morgan fingerprint density at radius 1 is 1.18 bits per heavy atom.